The highest BCUT2D eigenvalue weighted by Crippen LogP contribution is 2.18. The van der Waals surface area contributed by atoms with Gasteiger partial charge < -0.3 is 4.74 Å². The predicted octanol–water partition coefficient (Wildman–Crippen LogP) is 4.83. The van der Waals surface area contributed by atoms with Crippen molar-refractivity contribution in [3.8, 4) is 5.75 Å². The maximum Gasteiger partial charge on any atom is 0.119 e. The number of allylic oxidation sites excluding steroid dienone is 1. The van der Waals surface area contributed by atoms with E-state index < -0.39 is 0 Å². The van der Waals surface area contributed by atoms with Gasteiger partial charge in [0.15, 0.2) is 0 Å². The minimum atomic E-state index is 0.831. The molecule has 2 aromatic rings. The molecule has 0 atom stereocenters. The summed E-state index contributed by atoms with van der Waals surface area (Å²) < 4.78 is 6.03. The Morgan fingerprint density at radius 2 is 1.74 bits per heavy atom. The first-order chi connectivity index (χ1) is 9.28. The van der Waals surface area contributed by atoms with Crippen LogP contribution in [-0.2, 0) is 0 Å². The average Bonchev–Trinajstić information content (AvgIpc) is 2.47. The Hall–Kier alpha value is -1.87. The van der Waals surface area contributed by atoms with E-state index in [4.69, 9.17) is 4.74 Å². The molecule has 3 heteroatoms. The quantitative estimate of drug-likeness (QED) is 0.740. The third-order valence-electron chi connectivity index (χ3n) is 2.51. The zero-order valence-corrected chi connectivity index (χ0v) is 12.2. The van der Waals surface area contributed by atoms with Gasteiger partial charge in [0, 0.05) is 10.7 Å². The number of ether oxygens (including phenoxy) is 1. The van der Waals surface area contributed by atoms with Crippen molar-refractivity contribution in [3.63, 3.8) is 0 Å². The zero-order chi connectivity index (χ0) is 13.5. The van der Waals surface area contributed by atoms with Crippen molar-refractivity contribution in [1.29, 1.82) is 0 Å². The summed E-state index contributed by atoms with van der Waals surface area (Å²) >= 11 is 3.49. The molecule has 0 aliphatic carbocycles. The van der Waals surface area contributed by atoms with E-state index in [-0.39, 0.29) is 0 Å². The lowest BCUT2D eigenvalue weighted by molar-refractivity contribution is 0.415. The number of benzene rings is 2. The van der Waals surface area contributed by atoms with Gasteiger partial charge in [-0.15, -0.1) is 0 Å². The van der Waals surface area contributed by atoms with Crippen LogP contribution in [-0.4, -0.2) is 13.3 Å². The number of hydrogen-bond donors (Lipinski definition) is 0. The number of nitrogens with zero attached hydrogens (tertiary/aromatic N) is 1. The lowest BCUT2D eigenvalue weighted by Crippen LogP contribution is -1.80. The molecular weight excluding hydrogens is 302 g/mol. The van der Waals surface area contributed by atoms with Crippen LogP contribution in [0.4, 0.5) is 5.69 Å². The van der Waals surface area contributed by atoms with E-state index in [0.717, 1.165) is 21.5 Å². The molecule has 0 N–H and O–H groups in total. The smallest absolute Gasteiger partial charge is 0.119 e. The fourth-order valence-electron chi connectivity index (χ4n) is 1.55. The molecule has 2 nitrogen and oxygen atoms in total. The average molecular weight is 316 g/mol. The van der Waals surface area contributed by atoms with Gasteiger partial charge in [0.2, 0.25) is 0 Å². The number of halogens is 1. The molecule has 0 fully saturated rings. The molecule has 96 valence electrons. The molecule has 0 heterocycles. The van der Waals surface area contributed by atoms with Crippen molar-refractivity contribution in [2.45, 2.75) is 0 Å². The Kier molecular flexibility index (Phi) is 4.93. The highest BCUT2D eigenvalue weighted by Gasteiger charge is 1.92. The molecule has 2 aromatic carbocycles. The van der Waals surface area contributed by atoms with Gasteiger partial charge >= 0.3 is 0 Å². The van der Waals surface area contributed by atoms with Crippen LogP contribution in [0.3, 0.4) is 0 Å². The van der Waals surface area contributed by atoms with Crippen LogP contribution in [0.1, 0.15) is 5.56 Å². The monoisotopic (exact) mass is 315 g/mol. The highest BCUT2D eigenvalue weighted by atomic mass is 79.9. The van der Waals surface area contributed by atoms with Gasteiger partial charge in [0.1, 0.15) is 5.75 Å². The van der Waals surface area contributed by atoms with Gasteiger partial charge in [0.05, 0.1) is 12.8 Å². The summed E-state index contributed by atoms with van der Waals surface area (Å²) in [6.45, 7) is 0. The Balaban J connectivity index is 2.07. The summed E-state index contributed by atoms with van der Waals surface area (Å²) in [5, 5.41) is 0. The Labute approximate surface area is 121 Å². The molecule has 2 rings (SSSR count). The maximum atomic E-state index is 5.10. The molecule has 0 unspecified atom stereocenters. The first kappa shape index (κ1) is 13.6. The topological polar surface area (TPSA) is 21.6 Å². The standard InChI is InChI=1S/C16H14BrNO/c1-19-16-9-7-15(8-10-16)18-12-14(17)11-13-5-3-2-4-6-13/h2-12H,1H3/b14-11-,18-12?. The summed E-state index contributed by atoms with van der Waals surface area (Å²) in [6, 6.07) is 17.7. The second-order valence-electron chi connectivity index (χ2n) is 3.90. The van der Waals surface area contributed by atoms with Crippen LogP contribution >= 0.6 is 15.9 Å². The van der Waals surface area contributed by atoms with Crippen LogP contribution in [0.2, 0.25) is 0 Å². The van der Waals surface area contributed by atoms with E-state index in [2.05, 4.69) is 20.9 Å². The molecule has 0 bridgehead atoms. The number of hydrogen-bond acceptors (Lipinski definition) is 2. The summed E-state index contributed by atoms with van der Waals surface area (Å²) in [6.07, 6.45) is 3.81. The van der Waals surface area contributed by atoms with Crippen molar-refractivity contribution in [2.24, 2.45) is 4.99 Å². The highest BCUT2D eigenvalue weighted by molar-refractivity contribution is 9.12. The Morgan fingerprint density at radius 1 is 1.05 bits per heavy atom. The summed E-state index contributed by atoms with van der Waals surface area (Å²) in [4.78, 5) is 4.38. The van der Waals surface area contributed by atoms with Crippen LogP contribution < -0.4 is 4.74 Å². The van der Waals surface area contributed by atoms with Gasteiger partial charge in [-0.1, -0.05) is 30.3 Å². The van der Waals surface area contributed by atoms with E-state index in [0.29, 0.717) is 0 Å². The van der Waals surface area contributed by atoms with Gasteiger partial charge in [-0.25, -0.2) is 0 Å². The summed E-state index contributed by atoms with van der Waals surface area (Å²) in [5.74, 6) is 0.831. The van der Waals surface area contributed by atoms with Gasteiger partial charge in [-0.3, -0.25) is 4.99 Å². The molecular formula is C16H14BrNO. The molecule has 0 saturated heterocycles. The minimum Gasteiger partial charge on any atom is -0.497 e. The molecule has 0 aliphatic heterocycles. The van der Waals surface area contributed by atoms with Gasteiger partial charge in [-0.05, 0) is 51.8 Å². The van der Waals surface area contributed by atoms with E-state index >= 15 is 0 Å². The fourth-order valence-corrected chi connectivity index (χ4v) is 1.92. The summed E-state index contributed by atoms with van der Waals surface area (Å²) in [5.41, 5.74) is 2.02. The number of rotatable bonds is 4. The van der Waals surface area contributed by atoms with E-state index in [1.54, 1.807) is 13.3 Å². The Morgan fingerprint density at radius 3 is 2.37 bits per heavy atom. The fraction of sp³-hybridized carbons (Fsp3) is 0.0625. The lowest BCUT2D eigenvalue weighted by Gasteiger charge is -1.98. The lowest BCUT2D eigenvalue weighted by atomic mass is 10.2. The molecule has 0 saturated carbocycles. The van der Waals surface area contributed by atoms with E-state index in [1.807, 2.05) is 60.7 Å². The third kappa shape index (κ3) is 4.38. The third-order valence-corrected chi connectivity index (χ3v) is 2.95. The van der Waals surface area contributed by atoms with Crippen LogP contribution in [0.25, 0.3) is 6.08 Å². The molecule has 0 aliphatic rings. The van der Waals surface area contributed by atoms with Crippen molar-refractivity contribution in [3.05, 3.63) is 64.6 Å². The molecule has 0 spiro atoms. The van der Waals surface area contributed by atoms with Gasteiger partial charge in [0.25, 0.3) is 0 Å². The van der Waals surface area contributed by atoms with Gasteiger partial charge in [-0.2, -0.15) is 0 Å². The van der Waals surface area contributed by atoms with Crippen LogP contribution in [0, 0.1) is 0 Å². The zero-order valence-electron chi connectivity index (χ0n) is 10.6. The van der Waals surface area contributed by atoms with Crippen molar-refractivity contribution in [1.82, 2.24) is 0 Å². The van der Waals surface area contributed by atoms with E-state index in [1.165, 1.54) is 0 Å². The first-order valence-electron chi connectivity index (χ1n) is 5.88. The van der Waals surface area contributed by atoms with Crippen molar-refractivity contribution >= 4 is 33.9 Å². The minimum absolute atomic E-state index is 0.831. The number of aliphatic imine (C=N–C) groups is 1. The second-order valence-corrected chi connectivity index (χ2v) is 4.81. The molecule has 0 radical (unpaired) electrons. The van der Waals surface area contributed by atoms with Crippen LogP contribution in [0.5, 0.6) is 5.75 Å². The molecule has 0 aromatic heterocycles. The SMILES string of the molecule is COc1ccc(N=C/C(Br)=C/c2ccccc2)cc1. The second kappa shape index (κ2) is 6.90. The maximum absolute atomic E-state index is 5.10. The molecule has 19 heavy (non-hydrogen) atoms. The molecule has 0 amide bonds. The number of methoxy groups -OCH3 is 1. The summed E-state index contributed by atoms with van der Waals surface area (Å²) in [7, 11) is 1.65. The normalized spacial score (nSPS) is 11.8. The van der Waals surface area contributed by atoms with Crippen LogP contribution in [0.15, 0.2) is 64.1 Å². The largest absolute Gasteiger partial charge is 0.497 e. The predicted molar refractivity (Wildman–Crippen MR) is 84.5 cm³/mol. The van der Waals surface area contributed by atoms with E-state index in [9.17, 15) is 0 Å². The van der Waals surface area contributed by atoms with Crippen molar-refractivity contribution in [2.75, 3.05) is 7.11 Å². The first-order valence-corrected chi connectivity index (χ1v) is 6.67. The van der Waals surface area contributed by atoms with Crippen molar-refractivity contribution < 1.29 is 4.74 Å². The Bertz CT molecular complexity index is 573.